The highest BCUT2D eigenvalue weighted by Gasteiger charge is 2.75. The van der Waals surface area contributed by atoms with Crippen LogP contribution in [0.5, 0.6) is 0 Å². The largest absolute Gasteiger partial charge is 0.396 e. The summed E-state index contributed by atoms with van der Waals surface area (Å²) in [5, 5.41) is 9.58. The van der Waals surface area contributed by atoms with Gasteiger partial charge in [0.15, 0.2) is 0 Å². The zero-order chi connectivity index (χ0) is 25.5. The normalized spacial score (nSPS) is 36.7. The third kappa shape index (κ3) is 3.74. The molecule has 36 heavy (non-hydrogen) atoms. The summed E-state index contributed by atoms with van der Waals surface area (Å²) in [4.78, 5) is 48.0. The lowest BCUT2D eigenvalue weighted by Gasteiger charge is -2.40. The maximum absolute atomic E-state index is 14.3. The van der Waals surface area contributed by atoms with Crippen molar-refractivity contribution in [2.24, 2.45) is 11.8 Å². The number of fused-ring (bicyclic) bond motifs is 2. The molecule has 5 aliphatic rings. The smallest absolute Gasteiger partial charge is 0.249 e. The Morgan fingerprint density at radius 3 is 2.39 bits per heavy atom. The Morgan fingerprint density at radius 1 is 0.944 bits per heavy atom. The van der Waals surface area contributed by atoms with Crippen molar-refractivity contribution in [3.8, 4) is 0 Å². The van der Waals surface area contributed by atoms with Crippen LogP contribution in [-0.2, 0) is 19.1 Å². The van der Waals surface area contributed by atoms with Gasteiger partial charge in [-0.15, -0.1) is 0 Å². The molecular weight excluding hydrogens is 458 g/mol. The Morgan fingerprint density at radius 2 is 1.69 bits per heavy atom. The molecule has 5 atom stereocenters. The molecule has 1 aliphatic carbocycles. The minimum Gasteiger partial charge on any atom is -0.396 e. The Kier molecular flexibility index (Phi) is 7.03. The van der Waals surface area contributed by atoms with E-state index in [0.717, 1.165) is 32.1 Å². The minimum atomic E-state index is -1.19. The monoisotopic (exact) mass is 499 g/mol. The van der Waals surface area contributed by atoms with E-state index >= 15 is 0 Å². The molecule has 1 saturated carbocycles. The summed E-state index contributed by atoms with van der Waals surface area (Å²) in [6.45, 7) is 5.86. The fourth-order valence-electron chi connectivity index (χ4n) is 7.50. The number of hydrogen-bond donors (Lipinski definition) is 1. The molecule has 8 heteroatoms. The Bertz CT molecular complexity index is 943. The molecule has 1 N–H and O–H groups in total. The highest BCUT2D eigenvalue weighted by Crippen LogP contribution is 2.58. The second kappa shape index (κ2) is 9.93. The first-order valence-electron chi connectivity index (χ1n) is 14.0. The van der Waals surface area contributed by atoms with Crippen LogP contribution in [0, 0.1) is 11.8 Å². The lowest BCUT2D eigenvalue weighted by atomic mass is 9.73. The highest BCUT2D eigenvalue weighted by atomic mass is 16.5. The summed E-state index contributed by atoms with van der Waals surface area (Å²) in [6, 6.07) is -0.660. The predicted molar refractivity (Wildman–Crippen MR) is 135 cm³/mol. The van der Waals surface area contributed by atoms with Crippen LogP contribution in [0.15, 0.2) is 24.3 Å². The molecule has 1 unspecified atom stereocenters. The predicted octanol–water partition coefficient (Wildman–Crippen LogP) is 2.27. The number of aliphatic hydroxyl groups is 1. The van der Waals surface area contributed by atoms with E-state index in [2.05, 4.69) is 0 Å². The number of likely N-dealkylation sites (tertiary alicyclic amines) is 1. The molecular formula is C28H41N3O5. The molecule has 3 fully saturated rings. The summed E-state index contributed by atoms with van der Waals surface area (Å²) in [5.74, 6) is -1.78. The van der Waals surface area contributed by atoms with Crippen molar-refractivity contribution in [1.82, 2.24) is 14.7 Å². The van der Waals surface area contributed by atoms with Gasteiger partial charge in [0.2, 0.25) is 17.7 Å². The summed E-state index contributed by atoms with van der Waals surface area (Å²) >= 11 is 0. The van der Waals surface area contributed by atoms with Crippen molar-refractivity contribution in [1.29, 1.82) is 0 Å². The van der Waals surface area contributed by atoms with Gasteiger partial charge in [0.1, 0.15) is 11.6 Å². The molecule has 2 saturated heterocycles. The van der Waals surface area contributed by atoms with Gasteiger partial charge in [-0.2, -0.15) is 0 Å². The number of amides is 3. The average molecular weight is 500 g/mol. The van der Waals surface area contributed by atoms with Gasteiger partial charge in [0.25, 0.3) is 0 Å². The topological polar surface area (TPSA) is 90.4 Å². The molecule has 198 valence electrons. The first-order valence-corrected chi connectivity index (χ1v) is 14.0. The fourth-order valence-corrected chi connectivity index (χ4v) is 7.50. The molecule has 0 bridgehead atoms. The van der Waals surface area contributed by atoms with Crippen molar-refractivity contribution in [3.05, 3.63) is 24.3 Å². The van der Waals surface area contributed by atoms with Crippen LogP contribution in [0.1, 0.15) is 65.2 Å². The average Bonchev–Trinajstić information content (AvgIpc) is 3.18. The number of rotatable bonds is 7. The number of hydrogen-bond acceptors (Lipinski definition) is 5. The summed E-state index contributed by atoms with van der Waals surface area (Å²) in [6.07, 6.45) is 15.0. The van der Waals surface area contributed by atoms with Gasteiger partial charge in [0, 0.05) is 38.8 Å². The van der Waals surface area contributed by atoms with Crippen molar-refractivity contribution >= 4 is 17.7 Å². The van der Waals surface area contributed by atoms with Crippen LogP contribution >= 0.6 is 0 Å². The van der Waals surface area contributed by atoms with Crippen molar-refractivity contribution in [3.63, 3.8) is 0 Å². The lowest BCUT2D eigenvalue weighted by molar-refractivity contribution is -0.155. The van der Waals surface area contributed by atoms with Gasteiger partial charge in [-0.1, -0.05) is 57.4 Å². The SMILES string of the molecule is CCCN1CC=C[C@]2(CC)O[C@]34C=CCN(C5CCCCC5)C(=O)C3N(CCCO)C(=O)[C@@H]4[C@@H]2C1=O. The third-order valence-electron chi connectivity index (χ3n) is 9.12. The highest BCUT2D eigenvalue weighted by molar-refractivity contribution is 6.00. The van der Waals surface area contributed by atoms with E-state index in [1.807, 2.05) is 48.0 Å². The van der Waals surface area contributed by atoms with Gasteiger partial charge in [0.05, 0.1) is 17.4 Å². The Labute approximate surface area is 214 Å². The second-order valence-electron chi connectivity index (χ2n) is 11.1. The van der Waals surface area contributed by atoms with Crippen LogP contribution in [0.3, 0.4) is 0 Å². The summed E-state index contributed by atoms with van der Waals surface area (Å²) < 4.78 is 6.97. The van der Waals surface area contributed by atoms with Gasteiger partial charge in [-0.25, -0.2) is 0 Å². The lowest BCUT2D eigenvalue weighted by Crippen LogP contribution is -2.58. The van der Waals surface area contributed by atoms with Gasteiger partial charge in [-0.3, -0.25) is 14.4 Å². The molecule has 1 spiro atoms. The van der Waals surface area contributed by atoms with E-state index < -0.39 is 29.1 Å². The van der Waals surface area contributed by atoms with E-state index in [1.54, 1.807) is 4.90 Å². The van der Waals surface area contributed by atoms with E-state index in [4.69, 9.17) is 4.74 Å². The molecule has 3 amide bonds. The number of ether oxygens (including phenoxy) is 1. The van der Waals surface area contributed by atoms with Crippen molar-refractivity contribution in [2.45, 2.75) is 88.5 Å². The molecule has 5 rings (SSSR count). The number of carbonyl (C=O) groups is 3. The van der Waals surface area contributed by atoms with Crippen LogP contribution in [-0.4, -0.2) is 93.6 Å². The maximum atomic E-state index is 14.3. The first-order chi connectivity index (χ1) is 17.4. The number of aliphatic hydroxyl groups excluding tert-OH is 1. The van der Waals surface area contributed by atoms with E-state index in [9.17, 15) is 19.5 Å². The minimum absolute atomic E-state index is 0.0593. The quantitative estimate of drug-likeness (QED) is 0.543. The Balaban J connectivity index is 1.61. The molecule has 4 aliphatic heterocycles. The van der Waals surface area contributed by atoms with E-state index in [0.29, 0.717) is 32.5 Å². The molecule has 0 aromatic heterocycles. The van der Waals surface area contributed by atoms with Crippen LogP contribution in [0.4, 0.5) is 0 Å². The maximum Gasteiger partial charge on any atom is 0.249 e. The standard InChI is InChI=1S/C28H41N3O5/c1-3-15-29-16-8-13-27(4-2)21(24(29)33)22-25(34)31(18-10-19-32)23-26(35)30(20-11-6-5-7-12-20)17-9-14-28(22,23)36-27/h8-9,13-14,20-23,32H,3-7,10-12,15-19H2,1-2H3/t21-,22+,23?,27+,28+/m1/s1. The van der Waals surface area contributed by atoms with E-state index in [1.165, 1.54) is 6.42 Å². The number of nitrogens with zero attached hydrogens (tertiary/aromatic N) is 3. The number of carbonyl (C=O) groups excluding carboxylic acids is 3. The van der Waals surface area contributed by atoms with Crippen LogP contribution in [0.25, 0.3) is 0 Å². The molecule has 0 aromatic rings. The summed E-state index contributed by atoms with van der Waals surface area (Å²) in [5.41, 5.74) is -2.12. The zero-order valence-electron chi connectivity index (χ0n) is 21.7. The van der Waals surface area contributed by atoms with Gasteiger partial charge in [-0.05, 0) is 32.1 Å². The molecule has 4 heterocycles. The van der Waals surface area contributed by atoms with E-state index in [-0.39, 0.29) is 36.9 Å². The third-order valence-corrected chi connectivity index (χ3v) is 9.12. The van der Waals surface area contributed by atoms with Crippen LogP contribution in [0.2, 0.25) is 0 Å². The molecule has 0 aromatic carbocycles. The first kappa shape index (κ1) is 25.5. The van der Waals surface area contributed by atoms with Crippen LogP contribution < -0.4 is 0 Å². The molecule has 0 radical (unpaired) electrons. The van der Waals surface area contributed by atoms with Gasteiger partial charge < -0.3 is 24.5 Å². The molecule has 8 nitrogen and oxygen atoms in total. The van der Waals surface area contributed by atoms with Crippen molar-refractivity contribution in [2.75, 3.05) is 32.8 Å². The van der Waals surface area contributed by atoms with Gasteiger partial charge >= 0.3 is 0 Å². The second-order valence-corrected chi connectivity index (χ2v) is 11.1. The summed E-state index contributed by atoms with van der Waals surface area (Å²) in [7, 11) is 0. The Hall–Kier alpha value is -2.19. The zero-order valence-corrected chi connectivity index (χ0v) is 21.7. The van der Waals surface area contributed by atoms with Crippen molar-refractivity contribution < 1.29 is 24.2 Å². The fraction of sp³-hybridized carbons (Fsp3) is 0.750.